The topological polar surface area (TPSA) is 47.3 Å². The maximum atomic E-state index is 5.78. The predicted molar refractivity (Wildman–Crippen MR) is 67.9 cm³/mol. The van der Waals surface area contributed by atoms with Crippen molar-refractivity contribution in [1.82, 2.24) is 5.32 Å². The van der Waals surface area contributed by atoms with Crippen LogP contribution in [0.1, 0.15) is 11.1 Å². The Balaban J connectivity index is 1.83. The van der Waals surface area contributed by atoms with Crippen LogP contribution < -0.4 is 15.8 Å². The van der Waals surface area contributed by atoms with Gasteiger partial charge < -0.3 is 15.8 Å². The third-order valence-corrected chi connectivity index (χ3v) is 2.92. The molecule has 86 valence electrons. The Morgan fingerprint density at radius 3 is 2.41 bits per heavy atom. The van der Waals surface area contributed by atoms with E-state index in [4.69, 9.17) is 10.5 Å². The summed E-state index contributed by atoms with van der Waals surface area (Å²) in [5.74, 6) is 1.68. The van der Waals surface area contributed by atoms with Crippen LogP contribution in [0, 0.1) is 0 Å². The molecule has 1 heterocycles. The van der Waals surface area contributed by atoms with Crippen molar-refractivity contribution < 1.29 is 4.74 Å². The highest BCUT2D eigenvalue weighted by molar-refractivity contribution is 5.44. The van der Waals surface area contributed by atoms with E-state index in [1.54, 1.807) is 0 Å². The first kappa shape index (κ1) is 10.2. The van der Waals surface area contributed by atoms with Crippen LogP contribution in [-0.2, 0) is 13.1 Å². The smallest absolute Gasteiger partial charge is 0.127 e. The highest BCUT2D eigenvalue weighted by atomic mass is 16.5. The summed E-state index contributed by atoms with van der Waals surface area (Å²) in [6.07, 6.45) is 0. The number of anilines is 1. The number of fused-ring (bicyclic) bond motifs is 1. The lowest BCUT2D eigenvalue weighted by molar-refractivity contribution is 0.482. The fourth-order valence-electron chi connectivity index (χ4n) is 2.01. The van der Waals surface area contributed by atoms with Gasteiger partial charge in [-0.15, -0.1) is 0 Å². The summed E-state index contributed by atoms with van der Waals surface area (Å²) >= 11 is 0. The molecule has 0 saturated carbocycles. The van der Waals surface area contributed by atoms with E-state index in [0.29, 0.717) is 0 Å². The van der Waals surface area contributed by atoms with E-state index in [0.717, 1.165) is 30.3 Å². The Hall–Kier alpha value is -2.00. The summed E-state index contributed by atoms with van der Waals surface area (Å²) in [7, 11) is 0. The molecule has 0 aliphatic carbocycles. The first-order chi connectivity index (χ1) is 8.31. The lowest BCUT2D eigenvalue weighted by atomic mass is 10.1. The van der Waals surface area contributed by atoms with Gasteiger partial charge in [-0.1, -0.05) is 6.07 Å². The zero-order valence-electron chi connectivity index (χ0n) is 9.44. The van der Waals surface area contributed by atoms with Gasteiger partial charge in [-0.05, 0) is 47.5 Å². The predicted octanol–water partition coefficient (Wildman–Crippen LogP) is 2.66. The number of nitrogens with one attached hydrogen (secondary N) is 1. The highest BCUT2D eigenvalue weighted by Crippen LogP contribution is 2.26. The monoisotopic (exact) mass is 226 g/mol. The maximum absolute atomic E-state index is 5.78. The van der Waals surface area contributed by atoms with E-state index in [2.05, 4.69) is 17.4 Å². The molecule has 0 atom stereocenters. The first-order valence-electron chi connectivity index (χ1n) is 5.67. The van der Waals surface area contributed by atoms with Crippen LogP contribution in [0.15, 0.2) is 42.5 Å². The number of benzene rings is 2. The molecule has 3 rings (SSSR count). The fourth-order valence-corrected chi connectivity index (χ4v) is 2.01. The van der Waals surface area contributed by atoms with Crippen molar-refractivity contribution in [3.63, 3.8) is 0 Å². The van der Waals surface area contributed by atoms with Gasteiger partial charge in [0.15, 0.2) is 0 Å². The van der Waals surface area contributed by atoms with Gasteiger partial charge in [0.25, 0.3) is 0 Å². The molecule has 3 N–H and O–H groups in total. The summed E-state index contributed by atoms with van der Waals surface area (Å²) < 4.78 is 5.78. The van der Waals surface area contributed by atoms with Crippen LogP contribution in [0.25, 0.3) is 0 Å². The van der Waals surface area contributed by atoms with Crippen molar-refractivity contribution in [2.24, 2.45) is 0 Å². The number of hydrogen-bond donors (Lipinski definition) is 2. The molecule has 0 aromatic heterocycles. The summed E-state index contributed by atoms with van der Waals surface area (Å²) in [5.41, 5.74) is 9.05. The Morgan fingerprint density at radius 2 is 1.59 bits per heavy atom. The van der Waals surface area contributed by atoms with E-state index in [-0.39, 0.29) is 0 Å². The van der Waals surface area contributed by atoms with Gasteiger partial charge >= 0.3 is 0 Å². The molecule has 3 nitrogen and oxygen atoms in total. The molecule has 0 fully saturated rings. The average Bonchev–Trinajstić information content (AvgIpc) is 2.79. The lowest BCUT2D eigenvalue weighted by Crippen LogP contribution is -1.99. The molecule has 0 radical (unpaired) electrons. The second-order valence-electron chi connectivity index (χ2n) is 4.21. The third-order valence-electron chi connectivity index (χ3n) is 2.92. The summed E-state index contributed by atoms with van der Waals surface area (Å²) in [4.78, 5) is 0. The SMILES string of the molecule is Nc1ccc(Oc2ccc3c(c2)CNC3)cc1. The molecule has 0 amide bonds. The minimum atomic E-state index is 0.746. The minimum Gasteiger partial charge on any atom is -0.457 e. The van der Waals surface area contributed by atoms with Crippen molar-refractivity contribution in [3.8, 4) is 11.5 Å². The van der Waals surface area contributed by atoms with Crippen LogP contribution in [-0.4, -0.2) is 0 Å². The number of rotatable bonds is 2. The number of hydrogen-bond acceptors (Lipinski definition) is 3. The molecule has 2 aromatic rings. The van der Waals surface area contributed by atoms with Gasteiger partial charge in [0.2, 0.25) is 0 Å². The number of nitrogen functional groups attached to an aromatic ring is 1. The third kappa shape index (κ3) is 2.10. The maximum Gasteiger partial charge on any atom is 0.127 e. The van der Waals surface area contributed by atoms with E-state index in [9.17, 15) is 0 Å². The zero-order chi connectivity index (χ0) is 11.7. The van der Waals surface area contributed by atoms with Crippen LogP contribution in [0.5, 0.6) is 11.5 Å². The zero-order valence-corrected chi connectivity index (χ0v) is 9.44. The van der Waals surface area contributed by atoms with Gasteiger partial charge in [0.05, 0.1) is 0 Å². The average molecular weight is 226 g/mol. The van der Waals surface area contributed by atoms with Gasteiger partial charge in [-0.2, -0.15) is 0 Å². The van der Waals surface area contributed by atoms with Gasteiger partial charge in [0.1, 0.15) is 11.5 Å². The van der Waals surface area contributed by atoms with Crippen LogP contribution in [0.3, 0.4) is 0 Å². The van der Waals surface area contributed by atoms with Gasteiger partial charge in [-0.25, -0.2) is 0 Å². The molecular formula is C14H14N2O. The van der Waals surface area contributed by atoms with Crippen molar-refractivity contribution >= 4 is 5.69 Å². The molecule has 0 spiro atoms. The standard InChI is InChI=1S/C14H14N2O/c15-12-2-5-13(6-3-12)17-14-4-1-10-8-16-9-11(10)7-14/h1-7,16H,8-9,15H2. The Morgan fingerprint density at radius 1 is 0.882 bits per heavy atom. The summed E-state index contributed by atoms with van der Waals surface area (Å²) in [6.45, 7) is 1.88. The van der Waals surface area contributed by atoms with Crippen molar-refractivity contribution in [2.75, 3.05) is 5.73 Å². The van der Waals surface area contributed by atoms with E-state index in [1.165, 1.54) is 11.1 Å². The molecule has 1 aliphatic rings. The molecule has 3 heteroatoms. The Bertz CT molecular complexity index is 534. The van der Waals surface area contributed by atoms with Gasteiger partial charge in [0, 0.05) is 18.8 Å². The quantitative estimate of drug-likeness (QED) is 0.774. The molecular weight excluding hydrogens is 212 g/mol. The molecule has 17 heavy (non-hydrogen) atoms. The number of ether oxygens (including phenoxy) is 1. The Kier molecular flexibility index (Phi) is 2.46. The molecule has 0 saturated heterocycles. The van der Waals surface area contributed by atoms with E-state index in [1.807, 2.05) is 30.3 Å². The first-order valence-corrected chi connectivity index (χ1v) is 5.67. The van der Waals surface area contributed by atoms with Gasteiger partial charge in [-0.3, -0.25) is 0 Å². The van der Waals surface area contributed by atoms with Crippen molar-refractivity contribution in [2.45, 2.75) is 13.1 Å². The van der Waals surface area contributed by atoms with Crippen molar-refractivity contribution in [3.05, 3.63) is 53.6 Å². The minimum absolute atomic E-state index is 0.746. The summed E-state index contributed by atoms with van der Waals surface area (Å²) in [5, 5.41) is 3.31. The van der Waals surface area contributed by atoms with Crippen LogP contribution in [0.4, 0.5) is 5.69 Å². The fraction of sp³-hybridized carbons (Fsp3) is 0.143. The second kappa shape index (κ2) is 4.11. The van der Waals surface area contributed by atoms with E-state index < -0.39 is 0 Å². The van der Waals surface area contributed by atoms with Crippen LogP contribution in [0.2, 0.25) is 0 Å². The molecule has 1 aliphatic heterocycles. The van der Waals surface area contributed by atoms with E-state index >= 15 is 0 Å². The summed E-state index contributed by atoms with van der Waals surface area (Å²) in [6, 6.07) is 13.6. The lowest BCUT2D eigenvalue weighted by Gasteiger charge is -2.07. The largest absolute Gasteiger partial charge is 0.457 e. The van der Waals surface area contributed by atoms with Crippen molar-refractivity contribution in [1.29, 1.82) is 0 Å². The molecule has 2 aromatic carbocycles. The highest BCUT2D eigenvalue weighted by Gasteiger charge is 2.10. The second-order valence-corrected chi connectivity index (χ2v) is 4.21. The molecule has 0 bridgehead atoms. The molecule has 0 unspecified atom stereocenters. The normalized spacial score (nSPS) is 13.4. The van der Waals surface area contributed by atoms with Crippen LogP contribution >= 0.6 is 0 Å². The Labute approximate surface area is 100 Å². The number of nitrogens with two attached hydrogens (primary N) is 1.